The maximum absolute atomic E-state index is 13.9. The quantitative estimate of drug-likeness (QED) is 0.390. The molecule has 0 saturated carbocycles. The second kappa shape index (κ2) is 9.94. The number of carboxylic acids is 1. The van der Waals surface area contributed by atoms with Gasteiger partial charge in [0.25, 0.3) is 0 Å². The van der Waals surface area contributed by atoms with Crippen LogP contribution in [0.4, 0.5) is 13.2 Å². The van der Waals surface area contributed by atoms with Crippen LogP contribution in [0.3, 0.4) is 0 Å². The van der Waals surface area contributed by atoms with Gasteiger partial charge in [-0.3, -0.25) is 4.79 Å². The molecule has 0 amide bonds. The molecule has 1 unspecified atom stereocenters. The molecule has 0 aliphatic rings. The third-order valence-electron chi connectivity index (χ3n) is 5.20. The summed E-state index contributed by atoms with van der Waals surface area (Å²) < 4.78 is 48.5. The van der Waals surface area contributed by atoms with E-state index in [0.29, 0.717) is 22.5 Å². The topological polar surface area (TPSA) is 116 Å². The highest BCUT2D eigenvalue weighted by atomic mass is 19.4. The van der Waals surface area contributed by atoms with Crippen molar-refractivity contribution in [1.29, 1.82) is 0 Å². The average molecular weight is 483 g/mol. The Morgan fingerprint density at radius 1 is 1.09 bits per heavy atom. The van der Waals surface area contributed by atoms with E-state index in [1.807, 2.05) is 0 Å². The number of imidazole rings is 1. The van der Waals surface area contributed by atoms with Crippen LogP contribution in [0.1, 0.15) is 17.2 Å². The van der Waals surface area contributed by atoms with Crippen molar-refractivity contribution in [3.05, 3.63) is 90.8 Å². The van der Waals surface area contributed by atoms with E-state index in [1.54, 1.807) is 59.7 Å². The van der Waals surface area contributed by atoms with Crippen LogP contribution in [-0.2, 0) is 11.2 Å². The molecule has 2 aromatic carbocycles. The Kier molecular flexibility index (Phi) is 6.78. The molecule has 4 aromatic rings. The Morgan fingerprint density at radius 3 is 2.40 bits per heavy atom. The molecule has 11 heteroatoms. The van der Waals surface area contributed by atoms with Crippen molar-refractivity contribution in [2.45, 2.75) is 24.7 Å². The van der Waals surface area contributed by atoms with E-state index in [1.165, 1.54) is 18.2 Å². The molecule has 35 heavy (non-hydrogen) atoms. The third kappa shape index (κ3) is 5.82. The second-order valence-corrected chi connectivity index (χ2v) is 7.69. The van der Waals surface area contributed by atoms with Gasteiger partial charge in [0.05, 0.1) is 12.0 Å². The Morgan fingerprint density at radius 2 is 1.80 bits per heavy atom. The minimum Gasteiger partial charge on any atom is -0.480 e. The van der Waals surface area contributed by atoms with Crippen molar-refractivity contribution in [3.63, 3.8) is 0 Å². The first kappa shape index (κ1) is 23.9. The molecule has 2 aromatic heterocycles. The first-order chi connectivity index (χ1) is 16.7. The van der Waals surface area contributed by atoms with E-state index in [9.17, 15) is 18.0 Å². The number of hydrogen-bond donors (Lipinski definition) is 2. The maximum atomic E-state index is 13.9. The number of carbonyl (C=O) groups is 1. The zero-order chi connectivity index (χ0) is 25.0. The summed E-state index contributed by atoms with van der Waals surface area (Å²) in [5.41, 5.74) is 7.76. The van der Waals surface area contributed by atoms with Crippen molar-refractivity contribution in [2.75, 3.05) is 0 Å². The summed E-state index contributed by atoms with van der Waals surface area (Å²) in [6, 6.07) is 12.8. The molecule has 0 saturated heterocycles. The minimum atomic E-state index is -4.69. The Labute approximate surface area is 197 Å². The highest BCUT2D eigenvalue weighted by molar-refractivity contribution is 5.73. The van der Waals surface area contributed by atoms with Crippen molar-refractivity contribution >= 4 is 5.97 Å². The summed E-state index contributed by atoms with van der Waals surface area (Å²) in [7, 11) is 0. The number of rotatable bonds is 8. The number of carboxylic acid groups (broad SMARTS) is 1. The van der Waals surface area contributed by atoms with Gasteiger partial charge in [0.1, 0.15) is 12.4 Å². The lowest BCUT2D eigenvalue weighted by molar-refractivity contribution is -0.198. The third-order valence-corrected chi connectivity index (χ3v) is 5.20. The van der Waals surface area contributed by atoms with Crippen molar-refractivity contribution in [2.24, 2.45) is 5.73 Å². The van der Waals surface area contributed by atoms with Crippen LogP contribution in [0.5, 0.6) is 5.88 Å². The van der Waals surface area contributed by atoms with Crippen LogP contribution in [0.15, 0.2) is 79.6 Å². The number of benzene rings is 2. The largest absolute Gasteiger partial charge is 0.480 e. The van der Waals surface area contributed by atoms with Gasteiger partial charge in [-0.2, -0.15) is 13.2 Å². The summed E-state index contributed by atoms with van der Waals surface area (Å²) in [4.78, 5) is 22.8. The Bertz CT molecular complexity index is 1280. The highest BCUT2D eigenvalue weighted by Gasteiger charge is 2.43. The van der Waals surface area contributed by atoms with Gasteiger partial charge in [0.2, 0.25) is 12.0 Å². The first-order valence-corrected chi connectivity index (χ1v) is 10.4. The lowest BCUT2D eigenvalue weighted by Gasteiger charge is -2.22. The summed E-state index contributed by atoms with van der Waals surface area (Å²) in [5, 5.41) is 8.94. The van der Waals surface area contributed by atoms with Gasteiger partial charge in [-0.15, -0.1) is 0 Å². The zero-order valence-electron chi connectivity index (χ0n) is 18.1. The van der Waals surface area contributed by atoms with Crippen LogP contribution < -0.4 is 10.5 Å². The summed E-state index contributed by atoms with van der Waals surface area (Å²) >= 11 is 0. The van der Waals surface area contributed by atoms with Crippen LogP contribution in [0.2, 0.25) is 0 Å². The minimum absolute atomic E-state index is 0.0827. The monoisotopic (exact) mass is 483 g/mol. The smallest absolute Gasteiger partial charge is 0.429 e. The van der Waals surface area contributed by atoms with Gasteiger partial charge in [-0.1, -0.05) is 36.4 Å². The van der Waals surface area contributed by atoms with Crippen LogP contribution in [-0.4, -0.2) is 42.8 Å². The van der Waals surface area contributed by atoms with Crippen molar-refractivity contribution in [1.82, 2.24) is 19.5 Å². The van der Waals surface area contributed by atoms with E-state index < -0.39 is 24.3 Å². The molecule has 2 heterocycles. The molecule has 0 spiro atoms. The molecule has 3 N–H and O–H groups in total. The normalized spacial score (nSPS) is 13.3. The fourth-order valence-corrected chi connectivity index (χ4v) is 3.39. The van der Waals surface area contributed by atoms with Crippen LogP contribution >= 0.6 is 0 Å². The van der Waals surface area contributed by atoms with Gasteiger partial charge >= 0.3 is 12.1 Å². The number of aliphatic carboxylic acids is 1. The molecule has 0 radical (unpaired) electrons. The highest BCUT2D eigenvalue weighted by Crippen LogP contribution is 2.37. The average Bonchev–Trinajstić information content (AvgIpc) is 3.38. The van der Waals surface area contributed by atoms with E-state index in [-0.39, 0.29) is 17.9 Å². The Balaban J connectivity index is 1.54. The molecule has 0 aliphatic heterocycles. The molecule has 2 atom stereocenters. The standard InChI is InChI=1S/C24H20F3N5O3/c25-24(26,27)22(17-5-7-18(8-6-17)32-10-9-29-14-32)35-21-12-20(30-13-31-21)16-3-1-15(2-4-16)11-19(28)23(33)34/h1-10,12-14,19,22H,11,28H2,(H,33,34)/t19-,22?/m0/s1. The van der Waals surface area contributed by atoms with Gasteiger partial charge in [0, 0.05) is 35.3 Å². The number of aromatic nitrogens is 4. The number of alkyl halides is 3. The molecule has 0 fully saturated rings. The summed E-state index contributed by atoms with van der Waals surface area (Å²) in [6.45, 7) is 0. The molecule has 180 valence electrons. The number of nitrogens with two attached hydrogens (primary N) is 1. The molecule has 0 aliphatic carbocycles. The van der Waals surface area contributed by atoms with Gasteiger partial charge in [-0.25, -0.2) is 15.0 Å². The van der Waals surface area contributed by atoms with E-state index in [2.05, 4.69) is 15.0 Å². The van der Waals surface area contributed by atoms with Crippen LogP contribution in [0.25, 0.3) is 16.9 Å². The van der Waals surface area contributed by atoms with Gasteiger partial charge in [-0.05, 0) is 24.1 Å². The predicted octanol–water partition coefficient (Wildman–Crippen LogP) is 3.97. The lowest BCUT2D eigenvalue weighted by Crippen LogP contribution is -2.32. The van der Waals surface area contributed by atoms with Crippen molar-refractivity contribution in [3.8, 4) is 22.8 Å². The van der Waals surface area contributed by atoms with Crippen molar-refractivity contribution < 1.29 is 27.8 Å². The molecule has 0 bridgehead atoms. The SMILES string of the molecule is N[C@@H](Cc1ccc(-c2cc(OC(c3ccc(-n4ccnc4)cc3)C(F)(F)F)ncn2)cc1)C(=O)O. The molecular weight excluding hydrogens is 463 g/mol. The summed E-state index contributed by atoms with van der Waals surface area (Å²) in [5.74, 6) is -1.35. The van der Waals surface area contributed by atoms with E-state index in [0.717, 1.165) is 6.33 Å². The summed E-state index contributed by atoms with van der Waals surface area (Å²) in [6.07, 6.45) is -0.867. The van der Waals surface area contributed by atoms with Crippen LogP contribution in [0, 0.1) is 0 Å². The Hall–Kier alpha value is -4.25. The molecular formula is C24H20F3N5O3. The fourth-order valence-electron chi connectivity index (χ4n) is 3.39. The number of halogens is 3. The lowest BCUT2D eigenvalue weighted by atomic mass is 10.0. The predicted molar refractivity (Wildman–Crippen MR) is 120 cm³/mol. The van der Waals surface area contributed by atoms with Gasteiger partial charge < -0.3 is 20.1 Å². The molecule has 8 nitrogen and oxygen atoms in total. The maximum Gasteiger partial charge on any atom is 0.429 e. The van der Waals surface area contributed by atoms with E-state index >= 15 is 0 Å². The number of nitrogens with zero attached hydrogens (tertiary/aromatic N) is 4. The number of hydrogen-bond acceptors (Lipinski definition) is 6. The van der Waals surface area contributed by atoms with Gasteiger partial charge in [0.15, 0.2) is 0 Å². The number of ether oxygens (including phenoxy) is 1. The molecule has 4 rings (SSSR count). The second-order valence-electron chi connectivity index (χ2n) is 7.69. The first-order valence-electron chi connectivity index (χ1n) is 10.4. The van der Waals surface area contributed by atoms with E-state index in [4.69, 9.17) is 15.6 Å². The fraction of sp³-hybridized carbons (Fsp3) is 0.167. The zero-order valence-corrected chi connectivity index (χ0v) is 18.1.